The van der Waals surface area contributed by atoms with Crippen LogP contribution in [0.1, 0.15) is 11.1 Å². The van der Waals surface area contributed by atoms with Crippen molar-refractivity contribution in [1.82, 2.24) is 0 Å². The average molecular weight is 328 g/mol. The van der Waals surface area contributed by atoms with E-state index in [0.29, 0.717) is 11.6 Å². The van der Waals surface area contributed by atoms with Gasteiger partial charge in [0.15, 0.2) is 0 Å². The highest BCUT2D eigenvalue weighted by molar-refractivity contribution is 5.75. The fraction of sp³-hybridized carbons (Fsp3) is 0.188. The molecule has 0 fully saturated rings. The second-order valence-electron chi connectivity index (χ2n) is 4.80. The molecule has 0 aliphatic rings. The van der Waals surface area contributed by atoms with Gasteiger partial charge < -0.3 is 9.84 Å². The van der Waals surface area contributed by atoms with Crippen molar-refractivity contribution in [2.45, 2.75) is 12.6 Å². The molecule has 2 aromatic rings. The van der Waals surface area contributed by atoms with Crippen molar-refractivity contribution >= 4 is 5.97 Å². The summed E-state index contributed by atoms with van der Waals surface area (Å²) >= 11 is 0. The summed E-state index contributed by atoms with van der Waals surface area (Å²) in [5, 5.41) is 8.81. The standard InChI is InChI=1S/C16H12F4O3/c1-23-14-5-2-9(7-15(21)22)6-12(14)11-4-3-10(8-13(11)17)16(18,19)20/h2-6,8H,7H2,1H3,(H,21,22). The quantitative estimate of drug-likeness (QED) is 0.858. The maximum Gasteiger partial charge on any atom is 0.416 e. The second-order valence-corrected chi connectivity index (χ2v) is 4.80. The molecule has 0 radical (unpaired) electrons. The summed E-state index contributed by atoms with van der Waals surface area (Å²) in [5.41, 5.74) is -0.619. The number of hydrogen-bond donors (Lipinski definition) is 1. The van der Waals surface area contributed by atoms with Gasteiger partial charge in [-0.1, -0.05) is 12.1 Å². The van der Waals surface area contributed by atoms with Gasteiger partial charge in [0.2, 0.25) is 0 Å². The molecule has 3 nitrogen and oxygen atoms in total. The third kappa shape index (κ3) is 3.80. The van der Waals surface area contributed by atoms with Crippen LogP contribution in [0, 0.1) is 5.82 Å². The van der Waals surface area contributed by atoms with E-state index in [0.717, 1.165) is 12.1 Å². The van der Waals surface area contributed by atoms with E-state index in [1.807, 2.05) is 0 Å². The fourth-order valence-corrected chi connectivity index (χ4v) is 2.16. The van der Waals surface area contributed by atoms with Crippen LogP contribution >= 0.6 is 0 Å². The Bertz CT molecular complexity index is 739. The minimum Gasteiger partial charge on any atom is -0.496 e. The summed E-state index contributed by atoms with van der Waals surface area (Å²) in [6.45, 7) is 0. The van der Waals surface area contributed by atoms with Gasteiger partial charge in [0.05, 0.1) is 19.1 Å². The van der Waals surface area contributed by atoms with Crippen LogP contribution in [0.2, 0.25) is 0 Å². The Morgan fingerprint density at radius 1 is 1.13 bits per heavy atom. The molecule has 2 aromatic carbocycles. The summed E-state index contributed by atoms with van der Waals surface area (Å²) in [7, 11) is 1.33. The van der Waals surface area contributed by atoms with Crippen LogP contribution in [0.15, 0.2) is 36.4 Å². The third-order valence-electron chi connectivity index (χ3n) is 3.21. The molecule has 0 aliphatic heterocycles. The number of carboxylic acids is 1. The lowest BCUT2D eigenvalue weighted by molar-refractivity contribution is -0.138. The monoisotopic (exact) mass is 328 g/mol. The first-order valence-corrected chi connectivity index (χ1v) is 6.48. The largest absolute Gasteiger partial charge is 0.496 e. The first-order chi connectivity index (χ1) is 10.7. The van der Waals surface area contributed by atoms with E-state index in [9.17, 15) is 22.4 Å². The van der Waals surface area contributed by atoms with Crippen LogP contribution in [0.25, 0.3) is 11.1 Å². The fourth-order valence-electron chi connectivity index (χ4n) is 2.16. The Hall–Kier alpha value is -2.57. The maximum absolute atomic E-state index is 14.1. The molecule has 0 aliphatic carbocycles. The van der Waals surface area contributed by atoms with Crippen molar-refractivity contribution in [2.24, 2.45) is 0 Å². The van der Waals surface area contributed by atoms with Gasteiger partial charge in [-0.15, -0.1) is 0 Å². The van der Waals surface area contributed by atoms with E-state index in [1.165, 1.54) is 25.3 Å². The van der Waals surface area contributed by atoms with Gasteiger partial charge in [-0.05, 0) is 29.8 Å². The zero-order valence-corrected chi connectivity index (χ0v) is 11.9. The number of ether oxygens (including phenoxy) is 1. The smallest absolute Gasteiger partial charge is 0.416 e. The predicted octanol–water partition coefficient (Wildman–Crippen LogP) is 4.15. The van der Waals surface area contributed by atoms with Gasteiger partial charge in [0.1, 0.15) is 11.6 Å². The number of halogens is 4. The normalized spacial score (nSPS) is 11.3. The molecular formula is C16H12F4O3. The SMILES string of the molecule is COc1ccc(CC(=O)O)cc1-c1ccc(C(F)(F)F)cc1F. The topological polar surface area (TPSA) is 46.5 Å². The second kappa shape index (κ2) is 6.28. The highest BCUT2D eigenvalue weighted by Gasteiger charge is 2.31. The Morgan fingerprint density at radius 2 is 1.83 bits per heavy atom. The van der Waals surface area contributed by atoms with E-state index >= 15 is 0 Å². The van der Waals surface area contributed by atoms with Crippen molar-refractivity contribution in [1.29, 1.82) is 0 Å². The molecule has 0 aromatic heterocycles. The first-order valence-electron chi connectivity index (χ1n) is 6.48. The molecule has 0 amide bonds. The zero-order valence-electron chi connectivity index (χ0n) is 11.9. The lowest BCUT2D eigenvalue weighted by atomic mass is 9.98. The van der Waals surface area contributed by atoms with Gasteiger partial charge in [0, 0.05) is 11.1 Å². The number of aliphatic carboxylic acids is 1. The Morgan fingerprint density at radius 3 is 2.35 bits per heavy atom. The van der Waals surface area contributed by atoms with Gasteiger partial charge in [-0.3, -0.25) is 4.79 Å². The number of alkyl halides is 3. The zero-order chi connectivity index (χ0) is 17.2. The number of methoxy groups -OCH3 is 1. The maximum atomic E-state index is 14.1. The first kappa shape index (κ1) is 16.8. The van der Waals surface area contributed by atoms with Crippen LogP contribution in [0.5, 0.6) is 5.75 Å². The molecule has 0 spiro atoms. The van der Waals surface area contributed by atoms with Crippen LogP contribution in [-0.4, -0.2) is 18.2 Å². The molecule has 122 valence electrons. The minimum atomic E-state index is -4.64. The van der Waals surface area contributed by atoms with Crippen molar-refractivity contribution in [2.75, 3.05) is 7.11 Å². The number of hydrogen-bond acceptors (Lipinski definition) is 2. The van der Waals surface area contributed by atoms with Crippen molar-refractivity contribution in [3.8, 4) is 16.9 Å². The summed E-state index contributed by atoms with van der Waals surface area (Å²) in [5.74, 6) is -1.91. The number of carbonyl (C=O) groups is 1. The highest BCUT2D eigenvalue weighted by atomic mass is 19.4. The van der Waals surface area contributed by atoms with E-state index in [4.69, 9.17) is 9.84 Å². The number of benzene rings is 2. The third-order valence-corrected chi connectivity index (χ3v) is 3.21. The van der Waals surface area contributed by atoms with Crippen molar-refractivity contribution in [3.63, 3.8) is 0 Å². The summed E-state index contributed by atoms with van der Waals surface area (Å²) < 4.78 is 57.0. The molecule has 0 saturated heterocycles. The molecule has 0 bridgehead atoms. The summed E-state index contributed by atoms with van der Waals surface area (Å²) in [6, 6.07) is 6.50. The minimum absolute atomic E-state index is 0.0953. The van der Waals surface area contributed by atoms with E-state index in [1.54, 1.807) is 0 Å². The number of rotatable bonds is 4. The lowest BCUT2D eigenvalue weighted by Crippen LogP contribution is -2.06. The molecule has 0 saturated carbocycles. The van der Waals surface area contributed by atoms with Gasteiger partial charge >= 0.3 is 12.1 Å². The molecule has 2 rings (SSSR count). The Balaban J connectivity index is 2.54. The number of carboxylic acid groups (broad SMARTS) is 1. The van der Waals surface area contributed by atoms with Crippen LogP contribution in [0.3, 0.4) is 0 Å². The van der Waals surface area contributed by atoms with Crippen molar-refractivity contribution in [3.05, 3.63) is 53.3 Å². The molecule has 0 heterocycles. The molecule has 7 heteroatoms. The summed E-state index contributed by atoms with van der Waals surface area (Å²) in [6.07, 6.45) is -4.94. The Labute approximate surface area is 129 Å². The van der Waals surface area contributed by atoms with Crippen LogP contribution < -0.4 is 4.74 Å². The predicted molar refractivity (Wildman–Crippen MR) is 74.7 cm³/mol. The average Bonchev–Trinajstić information content (AvgIpc) is 2.45. The van der Waals surface area contributed by atoms with Crippen LogP contribution in [-0.2, 0) is 17.4 Å². The van der Waals surface area contributed by atoms with E-state index in [-0.39, 0.29) is 23.3 Å². The van der Waals surface area contributed by atoms with E-state index < -0.39 is 23.5 Å². The van der Waals surface area contributed by atoms with Gasteiger partial charge in [-0.25, -0.2) is 4.39 Å². The van der Waals surface area contributed by atoms with Gasteiger partial charge in [0.25, 0.3) is 0 Å². The molecular weight excluding hydrogens is 316 g/mol. The van der Waals surface area contributed by atoms with Gasteiger partial charge in [-0.2, -0.15) is 13.2 Å². The molecule has 0 atom stereocenters. The van der Waals surface area contributed by atoms with E-state index in [2.05, 4.69) is 0 Å². The highest BCUT2D eigenvalue weighted by Crippen LogP contribution is 2.36. The lowest BCUT2D eigenvalue weighted by Gasteiger charge is -2.13. The Kier molecular flexibility index (Phi) is 4.58. The molecule has 0 unspecified atom stereocenters. The molecule has 1 N–H and O–H groups in total. The van der Waals surface area contributed by atoms with Crippen molar-refractivity contribution < 1.29 is 32.2 Å². The molecule has 23 heavy (non-hydrogen) atoms. The summed E-state index contributed by atoms with van der Waals surface area (Å²) in [4.78, 5) is 10.8. The van der Waals surface area contributed by atoms with Crippen LogP contribution in [0.4, 0.5) is 17.6 Å².